The number of aromatic nitrogens is 3. The number of halogens is 1. The van der Waals surface area contributed by atoms with Gasteiger partial charge >= 0.3 is 0 Å². The highest BCUT2D eigenvalue weighted by atomic mass is 35.5. The maximum Gasteiger partial charge on any atom is 0.233 e. The van der Waals surface area contributed by atoms with E-state index >= 15 is 0 Å². The van der Waals surface area contributed by atoms with Crippen molar-refractivity contribution < 1.29 is 13.6 Å². The van der Waals surface area contributed by atoms with Crippen molar-refractivity contribution in [3.63, 3.8) is 0 Å². The number of thioether (sulfide) groups is 1. The third-order valence-corrected chi connectivity index (χ3v) is 6.72. The van der Waals surface area contributed by atoms with Gasteiger partial charge in [-0.15, -0.1) is 10.2 Å². The van der Waals surface area contributed by atoms with Crippen molar-refractivity contribution in [2.24, 2.45) is 0 Å². The Kier molecular flexibility index (Phi) is 6.28. The van der Waals surface area contributed by atoms with E-state index in [4.69, 9.17) is 20.4 Å². The molecule has 7 nitrogen and oxygen atoms in total. The first-order valence-corrected chi connectivity index (χ1v) is 12.1. The van der Waals surface area contributed by atoms with Gasteiger partial charge in [0, 0.05) is 23.6 Å². The maximum atomic E-state index is 12.8. The molecular formula is C24H23ClN4O3S. The molecular weight excluding hydrogens is 460 g/mol. The van der Waals surface area contributed by atoms with Crippen LogP contribution in [0.15, 0.2) is 68.8 Å². The van der Waals surface area contributed by atoms with Crippen LogP contribution in [0.1, 0.15) is 36.1 Å². The van der Waals surface area contributed by atoms with Gasteiger partial charge in [0.15, 0.2) is 5.16 Å². The smallest absolute Gasteiger partial charge is 0.233 e. The van der Waals surface area contributed by atoms with Gasteiger partial charge < -0.3 is 13.7 Å². The number of nitrogens with zero attached hydrogens (tertiary/aromatic N) is 4. The van der Waals surface area contributed by atoms with Gasteiger partial charge in [0.2, 0.25) is 5.91 Å². The van der Waals surface area contributed by atoms with Crippen LogP contribution in [-0.2, 0) is 17.9 Å². The summed E-state index contributed by atoms with van der Waals surface area (Å²) in [5, 5.41) is 10.2. The monoisotopic (exact) mass is 482 g/mol. The van der Waals surface area contributed by atoms with Crippen molar-refractivity contribution in [2.75, 3.05) is 12.8 Å². The molecule has 4 aromatic rings. The van der Waals surface area contributed by atoms with E-state index in [2.05, 4.69) is 14.8 Å². The average Bonchev–Trinajstić information content (AvgIpc) is 3.18. The second-order valence-corrected chi connectivity index (χ2v) is 9.47. The molecule has 0 N–H and O–H groups in total. The molecule has 0 aliphatic heterocycles. The minimum absolute atomic E-state index is 0.00929. The van der Waals surface area contributed by atoms with E-state index < -0.39 is 0 Å². The Bertz CT molecular complexity index is 1230. The third kappa shape index (κ3) is 5.17. The van der Waals surface area contributed by atoms with Crippen molar-refractivity contribution in [2.45, 2.75) is 37.0 Å². The van der Waals surface area contributed by atoms with E-state index in [-0.39, 0.29) is 11.7 Å². The number of carbonyl (C=O) groups excluding carboxylic acids is 1. The summed E-state index contributed by atoms with van der Waals surface area (Å²) < 4.78 is 13.5. The Balaban J connectivity index is 1.20. The van der Waals surface area contributed by atoms with E-state index in [9.17, 15) is 4.79 Å². The normalized spacial score (nSPS) is 13.4. The summed E-state index contributed by atoms with van der Waals surface area (Å²) in [6.45, 7) is 0.956. The van der Waals surface area contributed by atoms with E-state index in [1.54, 1.807) is 18.2 Å². The van der Waals surface area contributed by atoms with Gasteiger partial charge in [0.05, 0.1) is 25.1 Å². The summed E-state index contributed by atoms with van der Waals surface area (Å²) in [7, 11) is 1.77. The summed E-state index contributed by atoms with van der Waals surface area (Å²) in [6, 6.07) is 15.1. The van der Waals surface area contributed by atoms with E-state index in [0.29, 0.717) is 24.0 Å². The molecule has 3 aromatic heterocycles. The van der Waals surface area contributed by atoms with Crippen molar-refractivity contribution >= 4 is 29.3 Å². The Hall–Kier alpha value is -2.97. The van der Waals surface area contributed by atoms with Crippen LogP contribution in [0.25, 0.3) is 11.3 Å². The number of amides is 1. The lowest BCUT2D eigenvalue weighted by Crippen LogP contribution is -2.27. The highest BCUT2D eigenvalue weighted by molar-refractivity contribution is 7.99. The molecule has 1 aliphatic carbocycles. The molecule has 0 bridgehead atoms. The first-order valence-electron chi connectivity index (χ1n) is 10.7. The zero-order valence-electron chi connectivity index (χ0n) is 18.1. The fourth-order valence-corrected chi connectivity index (χ4v) is 4.56. The molecule has 0 unspecified atom stereocenters. The Morgan fingerprint density at radius 3 is 2.70 bits per heavy atom. The van der Waals surface area contributed by atoms with Crippen LogP contribution in [0, 0.1) is 0 Å². The quantitative estimate of drug-likeness (QED) is 0.295. The number of rotatable bonds is 9. The lowest BCUT2D eigenvalue weighted by Gasteiger charge is -2.15. The van der Waals surface area contributed by atoms with Gasteiger partial charge in [-0.1, -0.05) is 23.4 Å². The van der Waals surface area contributed by atoms with Crippen molar-refractivity contribution in [3.8, 4) is 11.3 Å². The summed E-state index contributed by atoms with van der Waals surface area (Å²) in [5.74, 6) is 3.99. The van der Waals surface area contributed by atoms with Crippen molar-refractivity contribution in [3.05, 3.63) is 77.2 Å². The number of hydrogen-bond donors (Lipinski definition) is 0. The summed E-state index contributed by atoms with van der Waals surface area (Å²) in [6.07, 6.45) is 3.92. The maximum absolute atomic E-state index is 12.8. The predicted molar refractivity (Wildman–Crippen MR) is 126 cm³/mol. The molecule has 0 radical (unpaired) electrons. The Morgan fingerprint density at radius 2 is 1.97 bits per heavy atom. The second kappa shape index (κ2) is 9.49. The highest BCUT2D eigenvalue weighted by Gasteiger charge is 2.31. The second-order valence-electron chi connectivity index (χ2n) is 8.09. The average molecular weight is 483 g/mol. The number of benzene rings is 1. The first kappa shape index (κ1) is 21.9. The van der Waals surface area contributed by atoms with Gasteiger partial charge in [0.1, 0.15) is 23.1 Å². The molecule has 1 saturated carbocycles. The van der Waals surface area contributed by atoms with Gasteiger partial charge in [-0.25, -0.2) is 0 Å². The molecule has 0 atom stereocenters. The summed E-state index contributed by atoms with van der Waals surface area (Å²) in [4.78, 5) is 14.4. The molecule has 1 aliphatic rings. The Morgan fingerprint density at radius 1 is 1.15 bits per heavy atom. The van der Waals surface area contributed by atoms with Gasteiger partial charge in [-0.2, -0.15) is 0 Å². The fourth-order valence-electron chi connectivity index (χ4n) is 3.55. The van der Waals surface area contributed by atoms with Gasteiger partial charge in [-0.05, 0) is 61.4 Å². The lowest BCUT2D eigenvalue weighted by molar-refractivity contribution is -0.127. The molecule has 0 saturated heterocycles. The number of hydrogen-bond acceptors (Lipinski definition) is 6. The van der Waals surface area contributed by atoms with Crippen LogP contribution in [-0.4, -0.2) is 38.4 Å². The third-order valence-electron chi connectivity index (χ3n) is 5.52. The van der Waals surface area contributed by atoms with Crippen molar-refractivity contribution in [1.29, 1.82) is 0 Å². The van der Waals surface area contributed by atoms with Gasteiger partial charge in [-0.3, -0.25) is 9.36 Å². The largest absolute Gasteiger partial charge is 0.467 e. The van der Waals surface area contributed by atoms with Crippen LogP contribution in [0.2, 0.25) is 5.02 Å². The van der Waals surface area contributed by atoms with Crippen molar-refractivity contribution in [1.82, 2.24) is 19.7 Å². The standard InChI is InChI=1S/C24H23ClN4O3S/c1-28(13-20-10-11-21(32-20)16-6-8-18(25)9-7-16)22(30)15-33-24-27-26-23(17-4-5-17)29(24)14-19-3-2-12-31-19/h2-3,6-12,17H,4-5,13-15H2,1H3. The van der Waals surface area contributed by atoms with Crippen LogP contribution in [0.5, 0.6) is 0 Å². The minimum Gasteiger partial charge on any atom is -0.467 e. The van der Waals surface area contributed by atoms with Gasteiger partial charge in [0.25, 0.3) is 0 Å². The first-order chi connectivity index (χ1) is 16.1. The van der Waals surface area contributed by atoms with Crippen LogP contribution in [0.3, 0.4) is 0 Å². The SMILES string of the molecule is CN(Cc1ccc(-c2ccc(Cl)cc2)o1)C(=O)CSc1nnc(C2CC2)n1Cc1ccco1. The molecule has 1 aromatic carbocycles. The zero-order chi connectivity index (χ0) is 22.8. The minimum atomic E-state index is -0.00929. The molecule has 3 heterocycles. The topological polar surface area (TPSA) is 77.3 Å². The summed E-state index contributed by atoms with van der Waals surface area (Å²) >= 11 is 7.35. The van der Waals surface area contributed by atoms with E-state index in [1.807, 2.05) is 48.5 Å². The predicted octanol–water partition coefficient (Wildman–Crippen LogP) is 5.46. The number of furan rings is 2. The Labute approximate surface area is 200 Å². The number of carbonyl (C=O) groups is 1. The summed E-state index contributed by atoms with van der Waals surface area (Å²) in [5.41, 5.74) is 0.942. The zero-order valence-corrected chi connectivity index (χ0v) is 19.7. The van der Waals surface area contributed by atoms with Crippen LogP contribution < -0.4 is 0 Å². The van der Waals surface area contributed by atoms with E-state index in [1.165, 1.54) is 11.8 Å². The lowest BCUT2D eigenvalue weighted by atomic mass is 10.2. The van der Waals surface area contributed by atoms with E-state index in [0.717, 1.165) is 46.7 Å². The molecule has 1 fully saturated rings. The fraction of sp³-hybridized carbons (Fsp3) is 0.292. The van der Waals surface area contributed by atoms with Crippen LogP contribution in [0.4, 0.5) is 0 Å². The molecule has 9 heteroatoms. The molecule has 5 rings (SSSR count). The molecule has 1 amide bonds. The molecule has 170 valence electrons. The molecule has 33 heavy (non-hydrogen) atoms. The van der Waals surface area contributed by atoms with Crippen LogP contribution >= 0.6 is 23.4 Å². The molecule has 0 spiro atoms. The highest BCUT2D eigenvalue weighted by Crippen LogP contribution is 2.40.